The van der Waals surface area contributed by atoms with Crippen LogP contribution in [0.25, 0.3) is 0 Å². The van der Waals surface area contributed by atoms with E-state index in [2.05, 4.69) is 11.9 Å². The molecule has 3 heteroatoms. The molecule has 0 radical (unpaired) electrons. The Labute approximate surface area is 72.4 Å². The molecule has 0 aromatic carbocycles. The lowest BCUT2D eigenvalue weighted by Crippen LogP contribution is -2.44. The number of carbonyl (C=O) groups is 1. The fourth-order valence-corrected chi connectivity index (χ4v) is 2.73. The van der Waals surface area contributed by atoms with Crippen molar-refractivity contribution in [1.82, 2.24) is 4.90 Å². The fourth-order valence-electron chi connectivity index (χ4n) is 2.73. The summed E-state index contributed by atoms with van der Waals surface area (Å²) in [5.41, 5.74) is 0. The van der Waals surface area contributed by atoms with Crippen LogP contribution >= 0.6 is 0 Å². The number of aliphatic carboxylic acids is 1. The van der Waals surface area contributed by atoms with Crippen LogP contribution in [0.15, 0.2) is 0 Å². The Hall–Kier alpha value is -0.570. The first-order chi connectivity index (χ1) is 5.70. The monoisotopic (exact) mass is 169 g/mol. The molecule has 0 aromatic rings. The van der Waals surface area contributed by atoms with Crippen LogP contribution in [0.3, 0.4) is 0 Å². The minimum atomic E-state index is -0.604. The van der Waals surface area contributed by atoms with E-state index in [1.54, 1.807) is 0 Å². The molecule has 0 saturated carbocycles. The molecule has 2 aliphatic heterocycles. The van der Waals surface area contributed by atoms with Gasteiger partial charge < -0.3 is 5.11 Å². The van der Waals surface area contributed by atoms with Crippen LogP contribution < -0.4 is 0 Å². The number of hydrogen-bond donors (Lipinski definition) is 1. The fraction of sp³-hybridized carbons (Fsp3) is 0.889. The van der Waals surface area contributed by atoms with Crippen molar-refractivity contribution in [2.45, 2.75) is 37.8 Å². The maximum absolute atomic E-state index is 10.9. The van der Waals surface area contributed by atoms with Gasteiger partial charge in [-0.15, -0.1) is 0 Å². The van der Waals surface area contributed by atoms with Crippen molar-refractivity contribution in [1.29, 1.82) is 0 Å². The minimum Gasteiger partial charge on any atom is -0.481 e. The third kappa shape index (κ3) is 1.04. The highest BCUT2D eigenvalue weighted by atomic mass is 16.4. The molecule has 2 bridgehead atoms. The van der Waals surface area contributed by atoms with E-state index in [0.717, 1.165) is 19.3 Å². The summed E-state index contributed by atoms with van der Waals surface area (Å²) >= 11 is 0. The van der Waals surface area contributed by atoms with Crippen LogP contribution in [-0.2, 0) is 4.79 Å². The lowest BCUT2D eigenvalue weighted by atomic mass is 9.91. The topological polar surface area (TPSA) is 40.5 Å². The Bertz CT molecular complexity index is 205. The summed E-state index contributed by atoms with van der Waals surface area (Å²) in [5.74, 6) is -0.707. The molecule has 2 fully saturated rings. The Morgan fingerprint density at radius 3 is 2.67 bits per heavy atom. The first-order valence-corrected chi connectivity index (χ1v) is 4.65. The molecular weight excluding hydrogens is 154 g/mol. The summed E-state index contributed by atoms with van der Waals surface area (Å²) in [7, 11) is 2.07. The standard InChI is InChI=1S/C9H15NO2/c1-10-6-2-4-7(9(11)12)8(10)5-3-6/h6-8H,2-5H2,1H3,(H,11,12)/t6-,7-,8-/m0/s1. The van der Waals surface area contributed by atoms with Gasteiger partial charge in [-0.1, -0.05) is 0 Å². The highest BCUT2D eigenvalue weighted by Gasteiger charge is 2.42. The second kappa shape index (κ2) is 2.73. The number of fused-ring (bicyclic) bond motifs is 2. The van der Waals surface area contributed by atoms with Gasteiger partial charge in [0.25, 0.3) is 0 Å². The van der Waals surface area contributed by atoms with E-state index in [4.69, 9.17) is 5.11 Å². The van der Waals surface area contributed by atoms with Gasteiger partial charge in [0.1, 0.15) is 0 Å². The Morgan fingerprint density at radius 2 is 2.00 bits per heavy atom. The first kappa shape index (κ1) is 8.05. The van der Waals surface area contributed by atoms with E-state index in [9.17, 15) is 4.79 Å². The number of carboxylic acids is 1. The maximum Gasteiger partial charge on any atom is 0.308 e. The summed E-state index contributed by atoms with van der Waals surface area (Å²) in [6.07, 6.45) is 4.24. The number of nitrogens with zero attached hydrogens (tertiary/aromatic N) is 1. The molecule has 0 aromatic heterocycles. The van der Waals surface area contributed by atoms with Crippen LogP contribution in [0.2, 0.25) is 0 Å². The molecule has 2 rings (SSSR count). The van der Waals surface area contributed by atoms with Gasteiger partial charge in [-0.05, 0) is 32.7 Å². The van der Waals surface area contributed by atoms with E-state index in [-0.39, 0.29) is 5.92 Å². The smallest absolute Gasteiger partial charge is 0.308 e. The number of piperidine rings is 1. The molecular formula is C9H15NO2. The molecule has 2 heterocycles. The normalized spacial score (nSPS) is 41.6. The quantitative estimate of drug-likeness (QED) is 0.635. The third-order valence-electron chi connectivity index (χ3n) is 3.49. The van der Waals surface area contributed by atoms with Crippen molar-refractivity contribution >= 4 is 5.97 Å². The Morgan fingerprint density at radius 1 is 1.33 bits per heavy atom. The number of hydrogen-bond acceptors (Lipinski definition) is 2. The lowest BCUT2D eigenvalue weighted by molar-refractivity contribution is -0.145. The first-order valence-electron chi connectivity index (χ1n) is 4.65. The zero-order chi connectivity index (χ0) is 8.72. The SMILES string of the molecule is CN1[C@H]2CC[C@H](C(=O)O)[C@@H]1CC2. The molecule has 0 spiro atoms. The molecule has 3 nitrogen and oxygen atoms in total. The molecule has 68 valence electrons. The summed E-state index contributed by atoms with van der Waals surface area (Å²) in [4.78, 5) is 13.1. The second-order valence-corrected chi connectivity index (χ2v) is 3.99. The third-order valence-corrected chi connectivity index (χ3v) is 3.49. The number of rotatable bonds is 1. The predicted octanol–water partition coefficient (Wildman–Crippen LogP) is 0.944. The zero-order valence-electron chi connectivity index (χ0n) is 7.36. The van der Waals surface area contributed by atoms with E-state index in [1.165, 1.54) is 6.42 Å². The summed E-state index contributed by atoms with van der Waals surface area (Å²) in [5, 5.41) is 8.95. The van der Waals surface area contributed by atoms with Gasteiger partial charge in [0.15, 0.2) is 0 Å². The largest absolute Gasteiger partial charge is 0.481 e. The summed E-state index contributed by atoms with van der Waals surface area (Å²) in [6.45, 7) is 0. The van der Waals surface area contributed by atoms with E-state index in [1.807, 2.05) is 0 Å². The molecule has 3 atom stereocenters. The molecule has 2 aliphatic rings. The summed E-state index contributed by atoms with van der Waals surface area (Å²) < 4.78 is 0. The van der Waals surface area contributed by atoms with E-state index in [0.29, 0.717) is 12.1 Å². The van der Waals surface area contributed by atoms with Crippen LogP contribution in [0.4, 0.5) is 0 Å². The van der Waals surface area contributed by atoms with Crippen molar-refractivity contribution in [2.24, 2.45) is 5.92 Å². The van der Waals surface area contributed by atoms with Gasteiger partial charge >= 0.3 is 5.97 Å². The second-order valence-electron chi connectivity index (χ2n) is 3.99. The van der Waals surface area contributed by atoms with Crippen molar-refractivity contribution in [3.05, 3.63) is 0 Å². The number of carboxylic acid groups (broad SMARTS) is 1. The summed E-state index contributed by atoms with van der Waals surface area (Å²) in [6, 6.07) is 0.992. The van der Waals surface area contributed by atoms with Gasteiger partial charge in [0.05, 0.1) is 5.92 Å². The van der Waals surface area contributed by atoms with Crippen molar-refractivity contribution in [3.63, 3.8) is 0 Å². The van der Waals surface area contributed by atoms with Crippen LogP contribution in [-0.4, -0.2) is 35.1 Å². The van der Waals surface area contributed by atoms with Crippen molar-refractivity contribution in [3.8, 4) is 0 Å². The molecule has 1 N–H and O–H groups in total. The van der Waals surface area contributed by atoms with E-state index >= 15 is 0 Å². The highest BCUT2D eigenvalue weighted by molar-refractivity contribution is 5.71. The van der Waals surface area contributed by atoms with Gasteiger partial charge in [-0.25, -0.2) is 0 Å². The Kier molecular flexibility index (Phi) is 1.83. The lowest BCUT2D eigenvalue weighted by Gasteiger charge is -2.35. The zero-order valence-corrected chi connectivity index (χ0v) is 7.36. The van der Waals surface area contributed by atoms with Gasteiger partial charge in [0.2, 0.25) is 0 Å². The Balaban J connectivity index is 2.14. The van der Waals surface area contributed by atoms with Crippen LogP contribution in [0.1, 0.15) is 25.7 Å². The highest BCUT2D eigenvalue weighted by Crippen LogP contribution is 2.37. The molecule has 0 unspecified atom stereocenters. The van der Waals surface area contributed by atoms with Gasteiger partial charge in [-0.3, -0.25) is 9.69 Å². The maximum atomic E-state index is 10.9. The molecule has 12 heavy (non-hydrogen) atoms. The minimum absolute atomic E-state index is 0.103. The van der Waals surface area contributed by atoms with Gasteiger partial charge in [-0.2, -0.15) is 0 Å². The van der Waals surface area contributed by atoms with Crippen molar-refractivity contribution < 1.29 is 9.90 Å². The molecule has 0 aliphatic carbocycles. The average molecular weight is 169 g/mol. The van der Waals surface area contributed by atoms with Gasteiger partial charge in [0, 0.05) is 12.1 Å². The van der Waals surface area contributed by atoms with Crippen LogP contribution in [0, 0.1) is 5.92 Å². The van der Waals surface area contributed by atoms with E-state index < -0.39 is 5.97 Å². The van der Waals surface area contributed by atoms with Crippen LogP contribution in [0.5, 0.6) is 0 Å². The van der Waals surface area contributed by atoms with Crippen molar-refractivity contribution in [2.75, 3.05) is 7.05 Å². The average Bonchev–Trinajstić information content (AvgIpc) is 2.32. The molecule has 2 saturated heterocycles. The predicted molar refractivity (Wildman–Crippen MR) is 44.9 cm³/mol. The molecule has 0 amide bonds.